The second-order valence-electron chi connectivity index (χ2n) is 3.68. The third-order valence-corrected chi connectivity index (χ3v) is 3.66. The molecular formula is C12H9N3OS. The zero-order chi connectivity index (χ0) is 11.8. The molecule has 0 aliphatic heterocycles. The smallest absolute Gasteiger partial charge is 0.268 e. The number of fused-ring (bicyclic) bond motifs is 1. The van der Waals surface area contributed by atoms with E-state index in [1.54, 1.807) is 0 Å². The van der Waals surface area contributed by atoms with Crippen molar-refractivity contribution in [2.45, 2.75) is 0 Å². The fraction of sp³-hybridized carbons (Fsp3) is 0. The summed E-state index contributed by atoms with van der Waals surface area (Å²) in [5.74, 6) is 0. The standard InChI is InChI=1S/C12H9N3OS/c13-8-3-1-2-7(4-8)10-5-9-11(17-10)12(16)15-6-14-9/h1-6H,13H2,(H,14,15,16). The molecule has 3 rings (SSSR count). The average Bonchev–Trinajstić information content (AvgIpc) is 2.74. The number of nitrogens with zero attached hydrogens (tertiary/aromatic N) is 1. The normalized spacial score (nSPS) is 10.8. The van der Waals surface area contributed by atoms with Crippen molar-refractivity contribution in [1.29, 1.82) is 0 Å². The van der Waals surface area contributed by atoms with Crippen molar-refractivity contribution in [1.82, 2.24) is 9.97 Å². The van der Waals surface area contributed by atoms with E-state index in [4.69, 9.17) is 5.73 Å². The van der Waals surface area contributed by atoms with Crippen LogP contribution in [0.5, 0.6) is 0 Å². The Hall–Kier alpha value is -2.14. The minimum Gasteiger partial charge on any atom is -0.399 e. The molecule has 0 spiro atoms. The summed E-state index contributed by atoms with van der Waals surface area (Å²) in [5.41, 5.74) is 8.08. The van der Waals surface area contributed by atoms with Gasteiger partial charge in [0.2, 0.25) is 0 Å². The molecule has 2 heterocycles. The van der Waals surface area contributed by atoms with E-state index >= 15 is 0 Å². The lowest BCUT2D eigenvalue weighted by Crippen LogP contribution is -2.02. The van der Waals surface area contributed by atoms with Gasteiger partial charge in [-0.2, -0.15) is 0 Å². The third kappa shape index (κ3) is 1.70. The molecule has 1 aromatic carbocycles. The molecule has 0 atom stereocenters. The summed E-state index contributed by atoms with van der Waals surface area (Å²) < 4.78 is 0.643. The van der Waals surface area contributed by atoms with Crippen LogP contribution in [-0.4, -0.2) is 9.97 Å². The maximum absolute atomic E-state index is 11.6. The zero-order valence-electron chi connectivity index (χ0n) is 8.81. The summed E-state index contributed by atoms with van der Waals surface area (Å²) in [7, 11) is 0. The number of hydrogen-bond donors (Lipinski definition) is 2. The first-order valence-electron chi connectivity index (χ1n) is 5.07. The first-order valence-corrected chi connectivity index (χ1v) is 5.89. The SMILES string of the molecule is Nc1cccc(-c2cc3nc[nH]c(=O)c3s2)c1. The quantitative estimate of drug-likeness (QED) is 0.644. The van der Waals surface area contributed by atoms with Gasteiger partial charge in [-0.25, -0.2) is 4.98 Å². The van der Waals surface area contributed by atoms with E-state index in [2.05, 4.69) is 9.97 Å². The summed E-state index contributed by atoms with van der Waals surface area (Å²) in [6, 6.07) is 9.49. The Morgan fingerprint density at radius 2 is 2.18 bits per heavy atom. The Balaban J connectivity index is 2.25. The zero-order valence-corrected chi connectivity index (χ0v) is 9.62. The van der Waals surface area contributed by atoms with Crippen LogP contribution in [0.2, 0.25) is 0 Å². The summed E-state index contributed by atoms with van der Waals surface area (Å²) in [4.78, 5) is 19.3. The van der Waals surface area contributed by atoms with Gasteiger partial charge in [-0.1, -0.05) is 12.1 Å². The molecule has 3 N–H and O–H groups in total. The first-order chi connectivity index (χ1) is 8.24. The maximum atomic E-state index is 11.6. The van der Waals surface area contributed by atoms with Crippen LogP contribution >= 0.6 is 11.3 Å². The van der Waals surface area contributed by atoms with Gasteiger partial charge < -0.3 is 10.7 Å². The maximum Gasteiger partial charge on any atom is 0.268 e. The highest BCUT2D eigenvalue weighted by Gasteiger charge is 2.07. The monoisotopic (exact) mass is 243 g/mol. The van der Waals surface area contributed by atoms with E-state index in [1.807, 2.05) is 30.3 Å². The molecule has 0 aliphatic carbocycles. The molecule has 0 saturated heterocycles. The van der Waals surface area contributed by atoms with E-state index in [0.717, 1.165) is 16.0 Å². The summed E-state index contributed by atoms with van der Waals surface area (Å²) in [5, 5.41) is 0. The molecule has 2 aromatic heterocycles. The summed E-state index contributed by atoms with van der Waals surface area (Å²) in [6.45, 7) is 0. The predicted octanol–water partition coefficient (Wildman–Crippen LogP) is 2.23. The van der Waals surface area contributed by atoms with E-state index in [0.29, 0.717) is 10.4 Å². The Morgan fingerprint density at radius 3 is 2.94 bits per heavy atom. The Labute approximate surface area is 101 Å². The number of nitrogens with one attached hydrogen (secondary N) is 1. The van der Waals surface area contributed by atoms with Crippen molar-refractivity contribution in [3.05, 3.63) is 47.0 Å². The number of nitrogen functional groups attached to an aromatic ring is 1. The number of hydrogen-bond acceptors (Lipinski definition) is 4. The molecular weight excluding hydrogens is 234 g/mol. The lowest BCUT2D eigenvalue weighted by atomic mass is 10.1. The topological polar surface area (TPSA) is 71.8 Å². The lowest BCUT2D eigenvalue weighted by molar-refractivity contribution is 1.18. The molecule has 0 aliphatic rings. The molecule has 4 nitrogen and oxygen atoms in total. The average molecular weight is 243 g/mol. The van der Waals surface area contributed by atoms with Gasteiger partial charge in [0.25, 0.3) is 5.56 Å². The number of H-pyrrole nitrogens is 1. The number of aromatic nitrogens is 2. The van der Waals surface area contributed by atoms with Crippen molar-refractivity contribution in [3.8, 4) is 10.4 Å². The molecule has 3 aromatic rings. The highest BCUT2D eigenvalue weighted by Crippen LogP contribution is 2.31. The molecule has 17 heavy (non-hydrogen) atoms. The van der Waals surface area contributed by atoms with Gasteiger partial charge in [0.1, 0.15) is 4.70 Å². The Kier molecular flexibility index (Phi) is 2.19. The number of benzene rings is 1. The first kappa shape index (κ1) is 10.0. The fourth-order valence-electron chi connectivity index (χ4n) is 1.70. The predicted molar refractivity (Wildman–Crippen MR) is 70.1 cm³/mol. The van der Waals surface area contributed by atoms with Gasteiger partial charge in [0, 0.05) is 10.6 Å². The van der Waals surface area contributed by atoms with Gasteiger partial charge in [0.05, 0.1) is 11.8 Å². The molecule has 5 heteroatoms. The molecule has 0 saturated carbocycles. The highest BCUT2D eigenvalue weighted by atomic mass is 32.1. The van der Waals surface area contributed by atoms with E-state index in [1.165, 1.54) is 17.7 Å². The van der Waals surface area contributed by atoms with Crippen molar-refractivity contribution in [2.24, 2.45) is 0 Å². The largest absolute Gasteiger partial charge is 0.399 e. The van der Waals surface area contributed by atoms with Crippen molar-refractivity contribution in [2.75, 3.05) is 5.73 Å². The van der Waals surface area contributed by atoms with Crippen LogP contribution in [-0.2, 0) is 0 Å². The number of anilines is 1. The molecule has 0 amide bonds. The van der Waals surface area contributed by atoms with Gasteiger partial charge in [0.15, 0.2) is 0 Å². The minimum atomic E-state index is -0.102. The van der Waals surface area contributed by atoms with Crippen LogP contribution in [0.4, 0.5) is 5.69 Å². The van der Waals surface area contributed by atoms with Crippen molar-refractivity contribution < 1.29 is 0 Å². The second kappa shape index (κ2) is 3.71. The van der Waals surface area contributed by atoms with Crippen LogP contribution in [0, 0.1) is 0 Å². The van der Waals surface area contributed by atoms with Crippen LogP contribution in [0.15, 0.2) is 41.5 Å². The molecule has 0 unspecified atom stereocenters. The minimum absolute atomic E-state index is 0.102. The highest BCUT2D eigenvalue weighted by molar-refractivity contribution is 7.22. The number of aromatic amines is 1. The molecule has 0 bridgehead atoms. The van der Waals surface area contributed by atoms with E-state index < -0.39 is 0 Å². The Bertz CT molecular complexity index is 745. The van der Waals surface area contributed by atoms with Crippen molar-refractivity contribution in [3.63, 3.8) is 0 Å². The summed E-state index contributed by atoms with van der Waals surface area (Å²) in [6.07, 6.45) is 1.42. The fourth-order valence-corrected chi connectivity index (χ4v) is 2.70. The van der Waals surface area contributed by atoms with E-state index in [9.17, 15) is 4.79 Å². The van der Waals surface area contributed by atoms with Gasteiger partial charge >= 0.3 is 0 Å². The van der Waals surface area contributed by atoms with Gasteiger partial charge in [-0.3, -0.25) is 4.79 Å². The lowest BCUT2D eigenvalue weighted by Gasteiger charge is -1.97. The summed E-state index contributed by atoms with van der Waals surface area (Å²) >= 11 is 1.42. The number of nitrogens with two attached hydrogens (primary N) is 1. The molecule has 0 radical (unpaired) electrons. The van der Waals surface area contributed by atoms with Crippen molar-refractivity contribution >= 4 is 27.2 Å². The van der Waals surface area contributed by atoms with Crippen LogP contribution < -0.4 is 11.3 Å². The number of thiophene rings is 1. The molecule has 0 fully saturated rings. The van der Waals surface area contributed by atoms with E-state index in [-0.39, 0.29) is 5.56 Å². The Morgan fingerprint density at radius 1 is 1.29 bits per heavy atom. The second-order valence-corrected chi connectivity index (χ2v) is 4.73. The van der Waals surface area contributed by atoms with Crippen LogP contribution in [0.3, 0.4) is 0 Å². The molecule has 84 valence electrons. The van der Waals surface area contributed by atoms with Crippen LogP contribution in [0.25, 0.3) is 20.7 Å². The van der Waals surface area contributed by atoms with Crippen LogP contribution in [0.1, 0.15) is 0 Å². The number of rotatable bonds is 1. The van der Waals surface area contributed by atoms with Gasteiger partial charge in [-0.05, 0) is 23.8 Å². The van der Waals surface area contributed by atoms with Gasteiger partial charge in [-0.15, -0.1) is 11.3 Å². The third-order valence-electron chi connectivity index (χ3n) is 2.49.